The van der Waals surface area contributed by atoms with Gasteiger partial charge in [-0.2, -0.15) is 0 Å². The standard InChI is InChI=1S/C14H25N5O/c1-2-11(15)14(20)16-9-6-8-13-18-17-12-7-4-3-5-10-19(12)13/h11H,2-10,15H2,1H3,(H,16,20)/t11-/m0/s1. The molecule has 0 radical (unpaired) electrons. The Balaban J connectivity index is 1.77. The second-order valence-corrected chi connectivity index (χ2v) is 5.40. The van der Waals surface area contributed by atoms with E-state index in [-0.39, 0.29) is 11.9 Å². The van der Waals surface area contributed by atoms with Crippen LogP contribution >= 0.6 is 0 Å². The lowest BCUT2D eigenvalue weighted by Crippen LogP contribution is -2.40. The van der Waals surface area contributed by atoms with Gasteiger partial charge in [0.05, 0.1) is 6.04 Å². The first-order valence-corrected chi connectivity index (χ1v) is 7.66. The van der Waals surface area contributed by atoms with Gasteiger partial charge >= 0.3 is 0 Å². The first kappa shape index (κ1) is 15.0. The fourth-order valence-corrected chi connectivity index (χ4v) is 2.50. The van der Waals surface area contributed by atoms with Gasteiger partial charge in [0.15, 0.2) is 0 Å². The maximum absolute atomic E-state index is 11.5. The molecule has 0 unspecified atom stereocenters. The number of rotatable bonds is 6. The van der Waals surface area contributed by atoms with E-state index in [1.165, 1.54) is 19.3 Å². The van der Waals surface area contributed by atoms with Crippen molar-refractivity contribution < 1.29 is 4.79 Å². The Bertz CT molecular complexity index is 443. The molecule has 1 aromatic heterocycles. The van der Waals surface area contributed by atoms with Crippen molar-refractivity contribution in [2.75, 3.05) is 6.54 Å². The molecule has 1 aliphatic heterocycles. The van der Waals surface area contributed by atoms with Crippen LogP contribution in [0.25, 0.3) is 0 Å². The van der Waals surface area contributed by atoms with Crippen molar-refractivity contribution in [1.82, 2.24) is 20.1 Å². The van der Waals surface area contributed by atoms with Crippen LogP contribution in [0, 0.1) is 0 Å². The molecule has 1 aliphatic rings. The molecule has 1 aromatic rings. The minimum atomic E-state index is -0.389. The average molecular weight is 279 g/mol. The summed E-state index contributed by atoms with van der Waals surface area (Å²) in [5.41, 5.74) is 5.66. The molecular weight excluding hydrogens is 254 g/mol. The Morgan fingerprint density at radius 2 is 2.25 bits per heavy atom. The lowest BCUT2D eigenvalue weighted by molar-refractivity contribution is -0.122. The van der Waals surface area contributed by atoms with Gasteiger partial charge in [-0.3, -0.25) is 4.79 Å². The highest BCUT2D eigenvalue weighted by atomic mass is 16.2. The highest BCUT2D eigenvalue weighted by molar-refractivity contribution is 5.81. The van der Waals surface area contributed by atoms with Gasteiger partial charge < -0.3 is 15.6 Å². The molecule has 20 heavy (non-hydrogen) atoms. The molecular formula is C14H25N5O. The van der Waals surface area contributed by atoms with Crippen molar-refractivity contribution in [3.63, 3.8) is 0 Å². The number of hydrogen-bond donors (Lipinski definition) is 2. The molecule has 6 heteroatoms. The summed E-state index contributed by atoms with van der Waals surface area (Å²) < 4.78 is 2.26. The van der Waals surface area contributed by atoms with E-state index in [0.29, 0.717) is 13.0 Å². The predicted octanol–water partition coefficient (Wildman–Crippen LogP) is 0.791. The second kappa shape index (κ2) is 7.38. The van der Waals surface area contributed by atoms with E-state index >= 15 is 0 Å². The van der Waals surface area contributed by atoms with Crippen LogP contribution in [0.3, 0.4) is 0 Å². The lowest BCUT2D eigenvalue weighted by atomic mass is 10.2. The topological polar surface area (TPSA) is 85.8 Å². The Morgan fingerprint density at radius 3 is 3.05 bits per heavy atom. The zero-order valence-corrected chi connectivity index (χ0v) is 12.3. The number of aromatic nitrogens is 3. The van der Waals surface area contributed by atoms with Crippen molar-refractivity contribution in [3.05, 3.63) is 11.6 Å². The zero-order valence-electron chi connectivity index (χ0n) is 12.3. The van der Waals surface area contributed by atoms with E-state index in [0.717, 1.165) is 37.5 Å². The number of fused-ring (bicyclic) bond motifs is 1. The largest absolute Gasteiger partial charge is 0.355 e. The molecule has 2 rings (SSSR count). The smallest absolute Gasteiger partial charge is 0.236 e. The summed E-state index contributed by atoms with van der Waals surface area (Å²) in [6.45, 7) is 3.59. The minimum absolute atomic E-state index is 0.0624. The van der Waals surface area contributed by atoms with E-state index in [4.69, 9.17) is 5.73 Å². The van der Waals surface area contributed by atoms with Crippen molar-refractivity contribution in [1.29, 1.82) is 0 Å². The molecule has 0 saturated heterocycles. The molecule has 0 spiro atoms. The highest BCUT2D eigenvalue weighted by Gasteiger charge is 2.14. The zero-order chi connectivity index (χ0) is 14.4. The van der Waals surface area contributed by atoms with Crippen molar-refractivity contribution in [3.8, 4) is 0 Å². The molecule has 0 fully saturated rings. The highest BCUT2D eigenvalue weighted by Crippen LogP contribution is 2.15. The first-order chi connectivity index (χ1) is 9.72. The van der Waals surface area contributed by atoms with Gasteiger partial charge in [0.1, 0.15) is 11.6 Å². The Hall–Kier alpha value is -1.43. The fourth-order valence-electron chi connectivity index (χ4n) is 2.50. The number of carbonyl (C=O) groups is 1. The second-order valence-electron chi connectivity index (χ2n) is 5.40. The normalized spacial score (nSPS) is 16.3. The van der Waals surface area contributed by atoms with E-state index in [1.807, 2.05) is 6.92 Å². The summed E-state index contributed by atoms with van der Waals surface area (Å²) in [5.74, 6) is 2.11. The predicted molar refractivity (Wildman–Crippen MR) is 77.2 cm³/mol. The quantitative estimate of drug-likeness (QED) is 0.754. The minimum Gasteiger partial charge on any atom is -0.355 e. The summed E-state index contributed by atoms with van der Waals surface area (Å²) in [4.78, 5) is 11.5. The van der Waals surface area contributed by atoms with Crippen molar-refractivity contribution >= 4 is 5.91 Å². The van der Waals surface area contributed by atoms with Gasteiger partial charge in [-0.05, 0) is 25.7 Å². The van der Waals surface area contributed by atoms with Crippen LogP contribution in [0.15, 0.2) is 0 Å². The van der Waals surface area contributed by atoms with Gasteiger partial charge in [-0.1, -0.05) is 13.3 Å². The molecule has 3 N–H and O–H groups in total. The first-order valence-electron chi connectivity index (χ1n) is 7.66. The van der Waals surface area contributed by atoms with E-state index < -0.39 is 0 Å². The third-order valence-corrected chi connectivity index (χ3v) is 3.84. The Morgan fingerprint density at radius 1 is 1.40 bits per heavy atom. The summed E-state index contributed by atoms with van der Waals surface area (Å²) in [6.07, 6.45) is 7.13. The summed E-state index contributed by atoms with van der Waals surface area (Å²) in [6, 6.07) is -0.389. The lowest BCUT2D eigenvalue weighted by Gasteiger charge is -2.10. The van der Waals surface area contributed by atoms with Crippen LogP contribution in [0.5, 0.6) is 0 Å². The maximum Gasteiger partial charge on any atom is 0.236 e. The number of amides is 1. The summed E-state index contributed by atoms with van der Waals surface area (Å²) in [7, 11) is 0. The number of nitrogens with two attached hydrogens (primary N) is 1. The SMILES string of the molecule is CC[C@H](N)C(=O)NCCCc1nnc2n1CCCCC2. The molecule has 0 aromatic carbocycles. The third kappa shape index (κ3) is 3.79. The molecule has 0 bridgehead atoms. The molecule has 0 aliphatic carbocycles. The number of carbonyl (C=O) groups excluding carboxylic acids is 1. The average Bonchev–Trinajstić information content (AvgIpc) is 2.70. The van der Waals surface area contributed by atoms with E-state index in [1.54, 1.807) is 0 Å². The van der Waals surface area contributed by atoms with Gasteiger partial charge in [0.25, 0.3) is 0 Å². The number of nitrogens with one attached hydrogen (secondary N) is 1. The summed E-state index contributed by atoms with van der Waals surface area (Å²) in [5, 5.41) is 11.4. The number of aryl methyl sites for hydroxylation is 2. The van der Waals surface area contributed by atoms with Crippen molar-refractivity contribution in [2.45, 2.75) is 64.5 Å². The van der Waals surface area contributed by atoms with Gasteiger partial charge in [-0.15, -0.1) is 10.2 Å². The van der Waals surface area contributed by atoms with Gasteiger partial charge in [0, 0.05) is 25.9 Å². The molecule has 1 atom stereocenters. The number of nitrogens with zero attached hydrogens (tertiary/aromatic N) is 3. The Kier molecular flexibility index (Phi) is 5.52. The molecule has 112 valence electrons. The molecule has 0 saturated carbocycles. The van der Waals surface area contributed by atoms with E-state index in [2.05, 4.69) is 20.1 Å². The maximum atomic E-state index is 11.5. The van der Waals surface area contributed by atoms with Crippen molar-refractivity contribution in [2.24, 2.45) is 5.73 Å². The summed E-state index contributed by atoms with van der Waals surface area (Å²) >= 11 is 0. The monoisotopic (exact) mass is 279 g/mol. The Labute approximate surface area is 120 Å². The fraction of sp³-hybridized carbons (Fsp3) is 0.786. The molecule has 6 nitrogen and oxygen atoms in total. The van der Waals surface area contributed by atoms with Crippen LogP contribution in [0.4, 0.5) is 0 Å². The van der Waals surface area contributed by atoms with Gasteiger partial charge in [0.2, 0.25) is 5.91 Å². The van der Waals surface area contributed by atoms with Gasteiger partial charge in [-0.25, -0.2) is 0 Å². The van der Waals surface area contributed by atoms with E-state index in [9.17, 15) is 4.79 Å². The molecule has 2 heterocycles. The van der Waals surface area contributed by atoms with Crippen LogP contribution in [0.1, 0.15) is 50.7 Å². The third-order valence-electron chi connectivity index (χ3n) is 3.84. The van der Waals surface area contributed by atoms with Crippen LogP contribution in [0.2, 0.25) is 0 Å². The van der Waals surface area contributed by atoms with Crippen LogP contribution in [-0.2, 0) is 24.2 Å². The number of hydrogen-bond acceptors (Lipinski definition) is 4. The van der Waals surface area contributed by atoms with Crippen LogP contribution in [-0.4, -0.2) is 33.3 Å². The van der Waals surface area contributed by atoms with Crippen LogP contribution < -0.4 is 11.1 Å². The molecule has 1 amide bonds.